The summed E-state index contributed by atoms with van der Waals surface area (Å²) in [7, 11) is -4.52. The van der Waals surface area contributed by atoms with Crippen LogP contribution in [0.4, 0.5) is 13.2 Å². The lowest BCUT2D eigenvalue weighted by molar-refractivity contribution is -0.905. The number of imidazole rings is 1. The minimum Gasteiger partial charge on any atom is -0.327 e. The summed E-state index contributed by atoms with van der Waals surface area (Å²) in [6.07, 6.45) is 2.14. The van der Waals surface area contributed by atoms with Crippen molar-refractivity contribution in [1.82, 2.24) is 9.55 Å². The Morgan fingerprint density at radius 3 is 2.41 bits per heavy atom. The van der Waals surface area contributed by atoms with Crippen molar-refractivity contribution in [1.29, 1.82) is 0 Å². The summed E-state index contributed by atoms with van der Waals surface area (Å²) in [5.74, 6) is 1.33. The van der Waals surface area contributed by atoms with Gasteiger partial charge in [-0.1, -0.05) is 40.0 Å². The van der Waals surface area contributed by atoms with Crippen LogP contribution in [0.1, 0.15) is 64.3 Å². The lowest BCUT2D eigenvalue weighted by Gasteiger charge is -2.26. The van der Waals surface area contributed by atoms with Crippen molar-refractivity contribution in [2.45, 2.75) is 80.8 Å². The van der Waals surface area contributed by atoms with E-state index >= 15 is 0 Å². The van der Waals surface area contributed by atoms with Gasteiger partial charge in [-0.3, -0.25) is 5.21 Å². The summed E-state index contributed by atoms with van der Waals surface area (Å²) in [5, 5.41) is 9.43. The topological polar surface area (TPSA) is 76.1 Å². The first-order chi connectivity index (χ1) is 15.8. The van der Waals surface area contributed by atoms with E-state index in [1.807, 2.05) is 20.8 Å². The molecule has 34 heavy (non-hydrogen) atoms. The van der Waals surface area contributed by atoms with Crippen molar-refractivity contribution in [2.75, 3.05) is 0 Å². The fourth-order valence-electron chi connectivity index (χ4n) is 4.71. The minimum absolute atomic E-state index is 0.188. The highest BCUT2D eigenvalue weighted by Gasteiger charge is 2.41. The number of sulfone groups is 1. The third-order valence-corrected chi connectivity index (χ3v) is 8.18. The van der Waals surface area contributed by atoms with E-state index in [4.69, 9.17) is 4.98 Å². The highest BCUT2D eigenvalue weighted by atomic mass is 32.2. The molecule has 0 bridgehead atoms. The molecular weight excluding hydrogens is 467 g/mol. The largest absolute Gasteiger partial charge is 0.423 e. The molecule has 0 radical (unpaired) electrons. The lowest BCUT2D eigenvalue weighted by atomic mass is 9.88. The third kappa shape index (κ3) is 4.64. The van der Waals surface area contributed by atoms with Crippen molar-refractivity contribution in [2.24, 2.45) is 5.92 Å². The minimum atomic E-state index is -4.96. The average Bonchev–Trinajstić information content (AvgIpc) is 3.12. The van der Waals surface area contributed by atoms with Crippen molar-refractivity contribution < 1.29 is 31.5 Å². The second-order valence-corrected chi connectivity index (χ2v) is 12.0. The summed E-state index contributed by atoms with van der Waals surface area (Å²) in [6.45, 7) is 6.88. The molecule has 1 N–H and O–H groups in total. The van der Waals surface area contributed by atoms with E-state index in [1.165, 1.54) is 31.4 Å². The number of fused-ring (bicyclic) bond motifs is 1. The molecule has 2 heterocycles. The van der Waals surface area contributed by atoms with Crippen LogP contribution in [-0.2, 0) is 28.0 Å². The van der Waals surface area contributed by atoms with Gasteiger partial charge in [-0.05, 0) is 37.0 Å². The second-order valence-electron chi connectivity index (χ2n) is 10.1. The number of aromatic nitrogens is 3. The van der Waals surface area contributed by atoms with Crippen LogP contribution in [0.25, 0.3) is 11.0 Å². The van der Waals surface area contributed by atoms with Crippen LogP contribution in [0, 0.1) is 5.92 Å². The molecule has 1 aromatic carbocycles. The number of halogens is 3. The number of hydrogen-bond acceptors (Lipinski definition) is 4. The molecule has 1 aliphatic rings. The van der Waals surface area contributed by atoms with E-state index in [2.05, 4.69) is 4.57 Å². The van der Waals surface area contributed by atoms with E-state index in [0.717, 1.165) is 43.0 Å². The predicted octanol–water partition coefficient (Wildman–Crippen LogP) is 5.29. The second kappa shape index (κ2) is 8.55. The Labute approximate surface area is 196 Å². The maximum atomic E-state index is 13.5. The smallest absolute Gasteiger partial charge is 0.327 e. The van der Waals surface area contributed by atoms with E-state index in [9.17, 15) is 26.8 Å². The summed E-state index contributed by atoms with van der Waals surface area (Å²) in [4.78, 5) is 3.55. The van der Waals surface area contributed by atoms with Crippen LogP contribution >= 0.6 is 0 Å². The molecule has 0 unspecified atom stereocenters. The molecule has 1 saturated carbocycles. The zero-order chi connectivity index (χ0) is 24.9. The Balaban J connectivity index is 1.83. The summed E-state index contributed by atoms with van der Waals surface area (Å²) in [6, 6.07) is 5.07. The van der Waals surface area contributed by atoms with Crippen LogP contribution in [0.5, 0.6) is 0 Å². The van der Waals surface area contributed by atoms with Gasteiger partial charge in [-0.15, -0.1) is 0 Å². The van der Waals surface area contributed by atoms with Crippen LogP contribution in [0.3, 0.4) is 0 Å². The molecular formula is C24H29F3N3O3S+. The summed E-state index contributed by atoms with van der Waals surface area (Å²) < 4.78 is 69.4. The Hall–Kier alpha value is -2.62. The SMILES string of the molecule is CC(C)(C)c1nc2cc(S(=O)(=O)c3cc[n+](O)cc3C(F)(F)F)ccc2n1CC1CCCCC1. The fourth-order valence-corrected chi connectivity index (χ4v) is 6.17. The third-order valence-electron chi connectivity index (χ3n) is 6.37. The van der Waals surface area contributed by atoms with Gasteiger partial charge in [0.1, 0.15) is 11.4 Å². The normalized spacial score (nSPS) is 16.3. The molecule has 0 spiro atoms. The highest BCUT2D eigenvalue weighted by Crippen LogP contribution is 2.37. The van der Waals surface area contributed by atoms with Gasteiger partial charge in [0.15, 0.2) is 0 Å². The van der Waals surface area contributed by atoms with Gasteiger partial charge in [0.2, 0.25) is 22.2 Å². The molecule has 184 valence electrons. The molecule has 4 rings (SSSR count). The van der Waals surface area contributed by atoms with Crippen LogP contribution < -0.4 is 4.73 Å². The van der Waals surface area contributed by atoms with Crippen molar-refractivity contribution in [3.05, 3.63) is 48.0 Å². The van der Waals surface area contributed by atoms with Gasteiger partial charge >= 0.3 is 6.18 Å². The maximum Gasteiger partial charge on any atom is 0.423 e. The molecule has 1 fully saturated rings. The fraction of sp³-hybridized carbons (Fsp3) is 0.500. The standard InChI is InChI=1S/C24H29F3N3O3S/c1-23(2,3)22-28-19-13-17(9-10-20(19)30(22)14-16-7-5-4-6-8-16)34(32,33)21-11-12-29(31)15-18(21)24(25,26)27/h9-13,15-16,31H,4-8,14H2,1-3H3/q+1. The van der Waals surface area contributed by atoms with E-state index in [-0.39, 0.29) is 15.0 Å². The Morgan fingerprint density at radius 1 is 1.12 bits per heavy atom. The number of nitrogens with zero attached hydrogens (tertiary/aromatic N) is 3. The zero-order valence-electron chi connectivity index (χ0n) is 19.4. The molecule has 1 aliphatic carbocycles. The van der Waals surface area contributed by atoms with Crippen molar-refractivity contribution in [3.8, 4) is 0 Å². The summed E-state index contributed by atoms with van der Waals surface area (Å²) in [5.41, 5.74) is -0.532. The maximum absolute atomic E-state index is 13.5. The van der Waals surface area contributed by atoms with Gasteiger partial charge in [-0.2, -0.15) is 13.2 Å². The lowest BCUT2D eigenvalue weighted by Crippen LogP contribution is -2.32. The van der Waals surface area contributed by atoms with Crippen molar-refractivity contribution in [3.63, 3.8) is 0 Å². The number of alkyl halides is 3. The van der Waals surface area contributed by atoms with Crippen LogP contribution in [-0.4, -0.2) is 23.2 Å². The van der Waals surface area contributed by atoms with Gasteiger partial charge < -0.3 is 4.57 Å². The van der Waals surface area contributed by atoms with Crippen LogP contribution in [0.15, 0.2) is 46.5 Å². The molecule has 0 atom stereocenters. The number of pyridine rings is 1. The van der Waals surface area contributed by atoms with Gasteiger partial charge in [0, 0.05) is 22.8 Å². The average molecular weight is 497 g/mol. The number of benzene rings is 1. The predicted molar refractivity (Wildman–Crippen MR) is 119 cm³/mol. The van der Waals surface area contributed by atoms with E-state index in [1.54, 1.807) is 6.07 Å². The number of rotatable bonds is 4. The summed E-state index contributed by atoms with van der Waals surface area (Å²) >= 11 is 0. The Bertz CT molecular complexity index is 1320. The number of hydrogen-bond donors (Lipinski definition) is 1. The molecule has 3 aromatic rings. The Kier molecular flexibility index (Phi) is 6.16. The first-order valence-electron chi connectivity index (χ1n) is 11.4. The molecule has 0 saturated heterocycles. The first-order valence-corrected chi connectivity index (χ1v) is 12.8. The molecule has 0 amide bonds. The molecule has 10 heteroatoms. The van der Waals surface area contributed by atoms with Crippen molar-refractivity contribution >= 4 is 20.9 Å². The van der Waals surface area contributed by atoms with Gasteiger partial charge in [0.25, 0.3) is 0 Å². The molecule has 6 nitrogen and oxygen atoms in total. The quantitative estimate of drug-likeness (QED) is 0.393. The Morgan fingerprint density at radius 2 is 1.79 bits per heavy atom. The van der Waals surface area contributed by atoms with E-state index < -0.39 is 26.5 Å². The monoisotopic (exact) mass is 496 g/mol. The van der Waals surface area contributed by atoms with E-state index in [0.29, 0.717) is 17.6 Å². The van der Waals surface area contributed by atoms with Gasteiger partial charge in [0.05, 0.1) is 20.8 Å². The molecule has 2 aromatic heterocycles. The van der Waals surface area contributed by atoms with Crippen LogP contribution in [0.2, 0.25) is 0 Å². The molecule has 0 aliphatic heterocycles. The zero-order valence-corrected chi connectivity index (χ0v) is 20.2. The van der Waals surface area contributed by atoms with Gasteiger partial charge in [-0.25, -0.2) is 13.4 Å². The first kappa shape index (κ1) is 24.5. The highest BCUT2D eigenvalue weighted by molar-refractivity contribution is 7.91.